The Bertz CT molecular complexity index is 591. The molecule has 24 heavy (non-hydrogen) atoms. The molecule has 3 heterocycles. The van der Waals surface area contributed by atoms with Crippen LogP contribution in [-0.4, -0.2) is 70.4 Å². The average molecular weight is 342 g/mol. The van der Waals surface area contributed by atoms with Crippen LogP contribution < -0.4 is 0 Å². The third kappa shape index (κ3) is 3.30. The highest BCUT2D eigenvalue weighted by Gasteiger charge is 2.37. The molecule has 2 aliphatic heterocycles. The van der Waals surface area contributed by atoms with E-state index in [-0.39, 0.29) is 23.3 Å². The number of fused-ring (bicyclic) bond motifs is 1. The SMILES string of the molecule is CCC[C@H]1COC[C@H]2CN(C(=O)c3cc(C)n(C(F)F)n3)CCN12. The first-order chi connectivity index (χ1) is 11.5. The van der Waals surface area contributed by atoms with Crippen LogP contribution in [-0.2, 0) is 4.74 Å². The second kappa shape index (κ2) is 7.14. The van der Waals surface area contributed by atoms with Crippen LogP contribution in [0.2, 0.25) is 0 Å². The summed E-state index contributed by atoms with van der Waals surface area (Å²) in [5.74, 6) is -0.283. The van der Waals surface area contributed by atoms with Crippen LogP contribution in [0.1, 0.15) is 42.5 Å². The van der Waals surface area contributed by atoms with Gasteiger partial charge in [0.2, 0.25) is 0 Å². The van der Waals surface area contributed by atoms with Crippen molar-refractivity contribution in [2.45, 2.75) is 45.3 Å². The summed E-state index contributed by atoms with van der Waals surface area (Å²) in [5.41, 5.74) is 0.374. The first-order valence-electron chi connectivity index (χ1n) is 8.48. The zero-order valence-corrected chi connectivity index (χ0v) is 14.1. The number of hydrogen-bond acceptors (Lipinski definition) is 4. The van der Waals surface area contributed by atoms with E-state index in [0.717, 1.165) is 26.0 Å². The second-order valence-electron chi connectivity index (χ2n) is 6.52. The van der Waals surface area contributed by atoms with Gasteiger partial charge in [-0.15, -0.1) is 0 Å². The van der Waals surface area contributed by atoms with Gasteiger partial charge in [0, 0.05) is 31.4 Å². The van der Waals surface area contributed by atoms with E-state index in [9.17, 15) is 13.6 Å². The molecule has 0 N–H and O–H groups in total. The molecule has 0 radical (unpaired) electrons. The van der Waals surface area contributed by atoms with Crippen molar-refractivity contribution in [1.29, 1.82) is 0 Å². The average Bonchev–Trinajstić information content (AvgIpc) is 2.96. The standard InChI is InChI=1S/C16H24F2N4O2/c1-3-4-12-9-24-10-13-8-20(5-6-21(12)13)15(23)14-7-11(2)22(19-14)16(17)18/h7,12-13,16H,3-6,8-10H2,1-2H3/t12-,13+/m0/s1. The molecule has 2 fully saturated rings. The highest BCUT2D eigenvalue weighted by molar-refractivity contribution is 5.92. The van der Waals surface area contributed by atoms with Crippen LogP contribution in [0.15, 0.2) is 6.07 Å². The zero-order chi connectivity index (χ0) is 17.3. The quantitative estimate of drug-likeness (QED) is 0.839. The van der Waals surface area contributed by atoms with E-state index >= 15 is 0 Å². The van der Waals surface area contributed by atoms with Gasteiger partial charge in [0.25, 0.3) is 5.91 Å². The summed E-state index contributed by atoms with van der Waals surface area (Å²) in [4.78, 5) is 16.8. The minimum absolute atomic E-state index is 0.0862. The number of carbonyl (C=O) groups is 1. The van der Waals surface area contributed by atoms with Gasteiger partial charge in [-0.2, -0.15) is 13.9 Å². The van der Waals surface area contributed by atoms with Gasteiger partial charge in [0.15, 0.2) is 5.69 Å². The van der Waals surface area contributed by atoms with E-state index in [1.54, 1.807) is 4.90 Å². The molecule has 0 aromatic carbocycles. The van der Waals surface area contributed by atoms with E-state index in [0.29, 0.717) is 30.4 Å². The Labute approximate surface area is 140 Å². The molecule has 0 bridgehead atoms. The van der Waals surface area contributed by atoms with Crippen molar-refractivity contribution in [3.05, 3.63) is 17.5 Å². The number of nitrogens with zero attached hydrogens (tertiary/aromatic N) is 4. The van der Waals surface area contributed by atoms with Crippen LogP contribution in [0.25, 0.3) is 0 Å². The Balaban J connectivity index is 1.69. The van der Waals surface area contributed by atoms with Gasteiger partial charge < -0.3 is 9.64 Å². The lowest BCUT2D eigenvalue weighted by molar-refractivity contribution is -0.0777. The van der Waals surface area contributed by atoms with Crippen LogP contribution >= 0.6 is 0 Å². The molecule has 1 aromatic rings. The van der Waals surface area contributed by atoms with Crippen molar-refractivity contribution in [2.75, 3.05) is 32.8 Å². The minimum atomic E-state index is -2.73. The van der Waals surface area contributed by atoms with Crippen LogP contribution in [0.3, 0.4) is 0 Å². The number of alkyl halides is 2. The Kier molecular flexibility index (Phi) is 5.15. The highest BCUT2D eigenvalue weighted by atomic mass is 19.3. The Morgan fingerprint density at radius 1 is 1.42 bits per heavy atom. The molecule has 6 nitrogen and oxygen atoms in total. The lowest BCUT2D eigenvalue weighted by Crippen LogP contribution is -2.62. The highest BCUT2D eigenvalue weighted by Crippen LogP contribution is 2.23. The van der Waals surface area contributed by atoms with Gasteiger partial charge in [-0.1, -0.05) is 13.3 Å². The van der Waals surface area contributed by atoms with Gasteiger partial charge in [-0.25, -0.2) is 4.68 Å². The maximum Gasteiger partial charge on any atom is 0.333 e. The van der Waals surface area contributed by atoms with Crippen molar-refractivity contribution >= 4 is 5.91 Å². The van der Waals surface area contributed by atoms with Crippen molar-refractivity contribution in [2.24, 2.45) is 0 Å². The van der Waals surface area contributed by atoms with E-state index < -0.39 is 6.55 Å². The number of amides is 1. The Morgan fingerprint density at radius 2 is 2.21 bits per heavy atom. The van der Waals surface area contributed by atoms with Crippen LogP contribution in [0.5, 0.6) is 0 Å². The zero-order valence-electron chi connectivity index (χ0n) is 14.1. The van der Waals surface area contributed by atoms with E-state index in [1.165, 1.54) is 13.0 Å². The lowest BCUT2D eigenvalue weighted by atomic mass is 10.0. The summed E-state index contributed by atoms with van der Waals surface area (Å²) in [6.07, 6.45) is 2.19. The third-order valence-electron chi connectivity index (χ3n) is 4.85. The topological polar surface area (TPSA) is 50.6 Å². The molecule has 134 valence electrons. The number of morpholine rings is 1. The van der Waals surface area contributed by atoms with E-state index in [2.05, 4.69) is 16.9 Å². The maximum absolute atomic E-state index is 12.8. The fourth-order valence-corrected chi connectivity index (χ4v) is 3.65. The molecular formula is C16H24F2N4O2. The summed E-state index contributed by atoms with van der Waals surface area (Å²) in [6, 6.07) is 2.01. The van der Waals surface area contributed by atoms with Crippen molar-refractivity contribution < 1.29 is 18.3 Å². The smallest absolute Gasteiger partial charge is 0.333 e. The maximum atomic E-state index is 12.8. The number of carbonyl (C=O) groups excluding carboxylic acids is 1. The molecule has 0 unspecified atom stereocenters. The molecule has 1 amide bonds. The summed E-state index contributed by atoms with van der Waals surface area (Å²) in [6.45, 7) is 4.24. The summed E-state index contributed by atoms with van der Waals surface area (Å²) in [7, 11) is 0. The molecule has 0 aliphatic carbocycles. The number of aromatic nitrogens is 2. The molecule has 0 saturated carbocycles. The molecule has 3 rings (SSSR count). The Morgan fingerprint density at radius 3 is 2.88 bits per heavy atom. The minimum Gasteiger partial charge on any atom is -0.378 e. The van der Waals surface area contributed by atoms with E-state index in [1.807, 2.05) is 0 Å². The number of rotatable bonds is 4. The van der Waals surface area contributed by atoms with Gasteiger partial charge in [0.05, 0.1) is 19.3 Å². The number of ether oxygens (including phenoxy) is 1. The fraction of sp³-hybridized carbons (Fsp3) is 0.750. The van der Waals surface area contributed by atoms with Gasteiger partial charge in [0.1, 0.15) is 0 Å². The number of halogens is 2. The largest absolute Gasteiger partial charge is 0.378 e. The molecule has 2 aliphatic rings. The number of hydrogen-bond donors (Lipinski definition) is 0. The predicted octanol–water partition coefficient (Wildman–Crippen LogP) is 1.91. The predicted molar refractivity (Wildman–Crippen MR) is 84.1 cm³/mol. The first-order valence-corrected chi connectivity index (χ1v) is 8.48. The summed E-state index contributed by atoms with van der Waals surface area (Å²) < 4.78 is 32.0. The lowest BCUT2D eigenvalue weighted by Gasteiger charge is -2.47. The molecule has 2 atom stereocenters. The van der Waals surface area contributed by atoms with Crippen molar-refractivity contribution in [3.63, 3.8) is 0 Å². The molecular weight excluding hydrogens is 318 g/mol. The van der Waals surface area contributed by atoms with Crippen LogP contribution in [0, 0.1) is 6.92 Å². The summed E-state index contributed by atoms with van der Waals surface area (Å²) in [5, 5.41) is 3.76. The van der Waals surface area contributed by atoms with Gasteiger partial charge in [-0.3, -0.25) is 9.69 Å². The van der Waals surface area contributed by atoms with Crippen molar-refractivity contribution in [3.8, 4) is 0 Å². The monoisotopic (exact) mass is 342 g/mol. The molecule has 0 spiro atoms. The second-order valence-corrected chi connectivity index (χ2v) is 6.52. The third-order valence-corrected chi connectivity index (χ3v) is 4.85. The summed E-state index contributed by atoms with van der Waals surface area (Å²) >= 11 is 0. The van der Waals surface area contributed by atoms with Crippen molar-refractivity contribution in [1.82, 2.24) is 19.6 Å². The number of aryl methyl sites for hydroxylation is 1. The number of piperazine rings is 1. The normalized spacial score (nSPS) is 25.1. The van der Waals surface area contributed by atoms with Gasteiger partial charge >= 0.3 is 6.55 Å². The van der Waals surface area contributed by atoms with E-state index in [4.69, 9.17) is 4.74 Å². The Hall–Kier alpha value is -1.54. The van der Waals surface area contributed by atoms with Gasteiger partial charge in [-0.05, 0) is 19.4 Å². The van der Waals surface area contributed by atoms with Crippen LogP contribution in [0.4, 0.5) is 8.78 Å². The molecule has 1 aromatic heterocycles. The fourth-order valence-electron chi connectivity index (χ4n) is 3.65. The first kappa shape index (κ1) is 17.3. The molecule has 2 saturated heterocycles. The molecule has 8 heteroatoms.